The Balaban J connectivity index is 2.60. The summed E-state index contributed by atoms with van der Waals surface area (Å²) >= 11 is 0. The van der Waals surface area contributed by atoms with Crippen molar-refractivity contribution in [3.8, 4) is 5.75 Å². The monoisotopic (exact) mass is 223 g/mol. The van der Waals surface area contributed by atoms with Gasteiger partial charge in [0.15, 0.2) is 0 Å². The minimum absolute atomic E-state index is 0.249. The highest BCUT2D eigenvalue weighted by Gasteiger charge is 2.09. The Labute approximate surface area is 95.0 Å². The molecule has 0 spiro atoms. The summed E-state index contributed by atoms with van der Waals surface area (Å²) in [5.41, 5.74) is 5.90. The van der Waals surface area contributed by atoms with Crippen molar-refractivity contribution in [2.75, 3.05) is 6.61 Å². The Hall–Kier alpha value is -1.55. The van der Waals surface area contributed by atoms with E-state index in [0.717, 1.165) is 5.56 Å². The predicted octanol–water partition coefficient (Wildman–Crippen LogP) is 1.24. The van der Waals surface area contributed by atoms with Crippen molar-refractivity contribution in [3.05, 3.63) is 29.8 Å². The van der Waals surface area contributed by atoms with Crippen molar-refractivity contribution in [1.29, 1.82) is 0 Å². The quantitative estimate of drug-likeness (QED) is 0.788. The number of nitrogens with two attached hydrogens (primary N) is 1. The van der Waals surface area contributed by atoms with Crippen LogP contribution in [-0.4, -0.2) is 17.6 Å². The molecule has 0 fully saturated rings. The summed E-state index contributed by atoms with van der Waals surface area (Å²) in [5.74, 6) is -0.0756. The summed E-state index contributed by atoms with van der Waals surface area (Å²) in [5, 5.41) is 9.38. The highest BCUT2D eigenvalue weighted by atomic mass is 16.5. The number of aliphatic hydroxyl groups excluding tert-OH is 1. The van der Waals surface area contributed by atoms with Crippen molar-refractivity contribution in [2.45, 2.75) is 20.0 Å². The molecule has 88 valence electrons. The maximum Gasteiger partial charge on any atom is 0.223 e. The van der Waals surface area contributed by atoms with Crippen molar-refractivity contribution >= 4 is 5.91 Å². The first-order valence-corrected chi connectivity index (χ1v) is 5.21. The normalized spacial score (nSPS) is 14.2. The van der Waals surface area contributed by atoms with E-state index < -0.39 is 6.10 Å². The number of hydrogen-bond acceptors (Lipinski definition) is 3. The molecule has 16 heavy (non-hydrogen) atoms. The first kappa shape index (κ1) is 12.5. The van der Waals surface area contributed by atoms with Crippen LogP contribution >= 0.6 is 0 Å². The van der Waals surface area contributed by atoms with Gasteiger partial charge in [-0.25, -0.2) is 0 Å². The van der Waals surface area contributed by atoms with E-state index in [4.69, 9.17) is 10.5 Å². The summed E-state index contributed by atoms with van der Waals surface area (Å²) in [4.78, 5) is 10.8. The van der Waals surface area contributed by atoms with E-state index in [2.05, 4.69) is 0 Å². The Morgan fingerprint density at radius 3 is 2.75 bits per heavy atom. The number of amides is 1. The van der Waals surface area contributed by atoms with Crippen LogP contribution in [0, 0.1) is 5.92 Å². The SMILES string of the molecule is CC(COc1cccc([C@H](C)O)c1)C(N)=O. The van der Waals surface area contributed by atoms with Crippen LogP contribution in [-0.2, 0) is 4.79 Å². The van der Waals surface area contributed by atoms with Crippen LogP contribution in [0.25, 0.3) is 0 Å². The summed E-state index contributed by atoms with van der Waals surface area (Å²) in [6, 6.07) is 7.14. The van der Waals surface area contributed by atoms with Gasteiger partial charge in [0.2, 0.25) is 5.91 Å². The molecule has 4 heteroatoms. The second-order valence-electron chi connectivity index (χ2n) is 3.86. The van der Waals surface area contributed by atoms with Gasteiger partial charge in [-0.05, 0) is 24.6 Å². The molecule has 3 N–H and O–H groups in total. The lowest BCUT2D eigenvalue weighted by atomic mass is 10.1. The van der Waals surface area contributed by atoms with Crippen LogP contribution in [0.3, 0.4) is 0 Å². The Morgan fingerprint density at radius 2 is 2.19 bits per heavy atom. The third-order valence-corrected chi connectivity index (χ3v) is 2.33. The molecule has 0 radical (unpaired) electrons. The molecule has 0 aliphatic heterocycles. The summed E-state index contributed by atoms with van der Waals surface area (Å²) < 4.78 is 5.41. The number of hydrogen-bond donors (Lipinski definition) is 2. The molecular formula is C12H17NO3. The Kier molecular flexibility index (Phi) is 4.31. The molecule has 2 atom stereocenters. The summed E-state index contributed by atoms with van der Waals surface area (Å²) in [7, 11) is 0. The molecule has 1 rings (SSSR count). The molecule has 0 bridgehead atoms. The Bertz CT molecular complexity index is 363. The van der Waals surface area contributed by atoms with Crippen LogP contribution in [0.2, 0.25) is 0 Å². The third-order valence-electron chi connectivity index (χ3n) is 2.33. The first-order valence-electron chi connectivity index (χ1n) is 5.21. The van der Waals surface area contributed by atoms with Crippen molar-refractivity contribution in [2.24, 2.45) is 11.7 Å². The zero-order valence-corrected chi connectivity index (χ0v) is 9.51. The minimum Gasteiger partial charge on any atom is -0.493 e. The van der Waals surface area contributed by atoms with Crippen LogP contribution < -0.4 is 10.5 Å². The van der Waals surface area contributed by atoms with Crippen LogP contribution in [0.1, 0.15) is 25.5 Å². The zero-order chi connectivity index (χ0) is 12.1. The minimum atomic E-state index is -0.530. The molecular weight excluding hydrogens is 206 g/mol. The lowest BCUT2D eigenvalue weighted by Gasteiger charge is -2.11. The topological polar surface area (TPSA) is 72.6 Å². The maximum atomic E-state index is 10.8. The highest BCUT2D eigenvalue weighted by molar-refractivity contribution is 5.76. The molecule has 1 amide bonds. The van der Waals surface area contributed by atoms with Gasteiger partial charge in [-0.3, -0.25) is 4.79 Å². The van der Waals surface area contributed by atoms with Crippen LogP contribution in [0.5, 0.6) is 5.75 Å². The number of rotatable bonds is 5. The van der Waals surface area contributed by atoms with E-state index in [1.807, 2.05) is 6.07 Å². The number of benzene rings is 1. The van der Waals surface area contributed by atoms with Gasteiger partial charge in [0.1, 0.15) is 5.75 Å². The zero-order valence-electron chi connectivity index (χ0n) is 9.51. The molecule has 0 heterocycles. The Morgan fingerprint density at radius 1 is 1.50 bits per heavy atom. The number of ether oxygens (including phenoxy) is 1. The van der Waals surface area contributed by atoms with Gasteiger partial charge < -0.3 is 15.6 Å². The van der Waals surface area contributed by atoms with E-state index in [0.29, 0.717) is 5.75 Å². The van der Waals surface area contributed by atoms with Crippen molar-refractivity contribution in [1.82, 2.24) is 0 Å². The molecule has 1 unspecified atom stereocenters. The average Bonchev–Trinajstić information content (AvgIpc) is 2.26. The average molecular weight is 223 g/mol. The first-order chi connectivity index (χ1) is 7.50. The third kappa shape index (κ3) is 3.55. The fourth-order valence-corrected chi connectivity index (χ4v) is 1.17. The largest absolute Gasteiger partial charge is 0.493 e. The van der Waals surface area contributed by atoms with Crippen molar-refractivity contribution in [3.63, 3.8) is 0 Å². The van der Waals surface area contributed by atoms with Gasteiger partial charge in [-0.15, -0.1) is 0 Å². The van der Waals surface area contributed by atoms with E-state index in [1.54, 1.807) is 32.0 Å². The second kappa shape index (κ2) is 5.51. The molecule has 4 nitrogen and oxygen atoms in total. The standard InChI is InChI=1S/C12H17NO3/c1-8(12(13)15)7-16-11-5-3-4-10(6-11)9(2)14/h3-6,8-9,14H,7H2,1-2H3,(H2,13,15)/t8?,9-/m0/s1. The van der Waals surface area contributed by atoms with E-state index in [-0.39, 0.29) is 18.4 Å². The molecule has 0 aromatic heterocycles. The van der Waals surface area contributed by atoms with E-state index >= 15 is 0 Å². The van der Waals surface area contributed by atoms with Gasteiger partial charge in [0.05, 0.1) is 18.6 Å². The fraction of sp³-hybridized carbons (Fsp3) is 0.417. The van der Waals surface area contributed by atoms with E-state index in [1.165, 1.54) is 0 Å². The molecule has 0 aliphatic rings. The smallest absolute Gasteiger partial charge is 0.223 e. The second-order valence-corrected chi connectivity index (χ2v) is 3.86. The lowest BCUT2D eigenvalue weighted by molar-refractivity contribution is -0.122. The van der Waals surface area contributed by atoms with E-state index in [9.17, 15) is 9.90 Å². The van der Waals surface area contributed by atoms with Gasteiger partial charge >= 0.3 is 0 Å². The molecule has 0 aliphatic carbocycles. The molecule has 0 saturated carbocycles. The summed E-state index contributed by atoms with van der Waals surface area (Å²) in [6.07, 6.45) is -0.530. The van der Waals surface area contributed by atoms with Crippen molar-refractivity contribution < 1.29 is 14.6 Å². The molecule has 0 saturated heterocycles. The highest BCUT2D eigenvalue weighted by Crippen LogP contribution is 2.19. The van der Waals surface area contributed by atoms with Gasteiger partial charge in [-0.1, -0.05) is 19.1 Å². The number of carbonyl (C=O) groups is 1. The fourth-order valence-electron chi connectivity index (χ4n) is 1.17. The number of aliphatic hydroxyl groups is 1. The van der Waals surface area contributed by atoms with Gasteiger partial charge in [0, 0.05) is 0 Å². The number of carbonyl (C=O) groups excluding carboxylic acids is 1. The van der Waals surface area contributed by atoms with Gasteiger partial charge in [0.25, 0.3) is 0 Å². The van der Waals surface area contributed by atoms with Crippen LogP contribution in [0.4, 0.5) is 0 Å². The maximum absolute atomic E-state index is 10.8. The summed E-state index contributed by atoms with van der Waals surface area (Å²) in [6.45, 7) is 3.64. The number of primary amides is 1. The lowest BCUT2D eigenvalue weighted by Crippen LogP contribution is -2.25. The molecule has 1 aromatic carbocycles. The predicted molar refractivity (Wildman–Crippen MR) is 60.9 cm³/mol. The molecule has 1 aromatic rings. The van der Waals surface area contributed by atoms with Crippen LogP contribution in [0.15, 0.2) is 24.3 Å². The van der Waals surface area contributed by atoms with Gasteiger partial charge in [-0.2, -0.15) is 0 Å².